The standard InChI is InChI=1S/C21H16ClN3O5S2/c1-25(13-6-7-16-17(12-13)29-10-9-28-16)32(26,27)18-8-11-31-19(18)21-23-20(24-30-21)14-4-2-3-5-15(14)22/h2-8,11-12H,9-10H2,1H3. The van der Waals surface area contributed by atoms with Gasteiger partial charge in [0.1, 0.15) is 23.0 Å². The molecule has 32 heavy (non-hydrogen) atoms. The van der Waals surface area contributed by atoms with E-state index in [1.165, 1.54) is 28.8 Å². The fourth-order valence-corrected chi connectivity index (χ4v) is 5.96. The Morgan fingerprint density at radius 1 is 1.06 bits per heavy atom. The lowest BCUT2D eigenvalue weighted by molar-refractivity contribution is 0.171. The lowest BCUT2D eigenvalue weighted by atomic mass is 10.2. The largest absolute Gasteiger partial charge is 0.486 e. The lowest BCUT2D eigenvalue weighted by Crippen LogP contribution is -2.27. The van der Waals surface area contributed by atoms with E-state index in [9.17, 15) is 8.42 Å². The van der Waals surface area contributed by atoms with Crippen LogP contribution in [0.25, 0.3) is 22.2 Å². The number of benzene rings is 2. The van der Waals surface area contributed by atoms with Crippen LogP contribution in [0.1, 0.15) is 0 Å². The summed E-state index contributed by atoms with van der Waals surface area (Å²) < 4.78 is 44.5. The molecule has 4 aromatic rings. The Kier molecular flexibility index (Phi) is 5.28. The molecule has 0 radical (unpaired) electrons. The maximum atomic E-state index is 13.4. The quantitative estimate of drug-likeness (QED) is 0.400. The fraction of sp³-hybridized carbons (Fsp3) is 0.143. The number of sulfonamides is 1. The summed E-state index contributed by atoms with van der Waals surface area (Å²) in [5.74, 6) is 1.47. The molecule has 0 unspecified atom stereocenters. The minimum atomic E-state index is -3.92. The van der Waals surface area contributed by atoms with Crippen LogP contribution in [-0.2, 0) is 10.0 Å². The van der Waals surface area contributed by atoms with Crippen molar-refractivity contribution in [2.45, 2.75) is 4.90 Å². The van der Waals surface area contributed by atoms with Crippen LogP contribution in [0.3, 0.4) is 0 Å². The summed E-state index contributed by atoms with van der Waals surface area (Å²) in [6.07, 6.45) is 0. The number of thiophene rings is 1. The average Bonchev–Trinajstić information content (AvgIpc) is 3.48. The molecule has 0 amide bonds. The van der Waals surface area contributed by atoms with E-state index in [2.05, 4.69) is 10.1 Å². The smallest absolute Gasteiger partial charge is 0.269 e. The van der Waals surface area contributed by atoms with Crippen molar-refractivity contribution < 1.29 is 22.4 Å². The number of fused-ring (bicyclic) bond motifs is 1. The highest BCUT2D eigenvalue weighted by Crippen LogP contribution is 2.38. The van der Waals surface area contributed by atoms with Crippen LogP contribution < -0.4 is 13.8 Å². The van der Waals surface area contributed by atoms with Crippen LogP contribution in [0, 0.1) is 0 Å². The second-order valence-electron chi connectivity index (χ2n) is 6.82. The summed E-state index contributed by atoms with van der Waals surface area (Å²) in [6.45, 7) is 0.867. The van der Waals surface area contributed by atoms with Crippen molar-refractivity contribution in [2.75, 3.05) is 24.6 Å². The van der Waals surface area contributed by atoms with Gasteiger partial charge in [0.05, 0.1) is 10.7 Å². The first-order chi connectivity index (χ1) is 15.4. The molecule has 2 aromatic carbocycles. The van der Waals surface area contributed by atoms with Crippen molar-refractivity contribution in [1.29, 1.82) is 0 Å². The van der Waals surface area contributed by atoms with Gasteiger partial charge in [0, 0.05) is 18.7 Å². The molecule has 8 nitrogen and oxygen atoms in total. The summed E-state index contributed by atoms with van der Waals surface area (Å²) in [7, 11) is -2.45. The predicted molar refractivity (Wildman–Crippen MR) is 121 cm³/mol. The molecular formula is C21H16ClN3O5S2. The van der Waals surface area contributed by atoms with Gasteiger partial charge in [-0.1, -0.05) is 28.9 Å². The van der Waals surface area contributed by atoms with Crippen molar-refractivity contribution >= 4 is 38.6 Å². The van der Waals surface area contributed by atoms with Gasteiger partial charge >= 0.3 is 0 Å². The van der Waals surface area contributed by atoms with Crippen molar-refractivity contribution in [3.05, 3.63) is 58.9 Å². The van der Waals surface area contributed by atoms with E-state index in [1.807, 2.05) is 0 Å². The second-order valence-corrected chi connectivity index (χ2v) is 10.1. The molecule has 1 aliphatic rings. The summed E-state index contributed by atoms with van der Waals surface area (Å²) in [5, 5.41) is 6.11. The van der Waals surface area contributed by atoms with Gasteiger partial charge in [0.15, 0.2) is 11.5 Å². The summed E-state index contributed by atoms with van der Waals surface area (Å²) >= 11 is 7.41. The Labute approximate surface area is 193 Å². The number of rotatable bonds is 5. The molecule has 1 aliphatic heterocycles. The minimum Gasteiger partial charge on any atom is -0.486 e. The van der Waals surface area contributed by atoms with E-state index in [-0.39, 0.29) is 16.6 Å². The monoisotopic (exact) mass is 489 g/mol. The number of hydrogen-bond donors (Lipinski definition) is 0. The molecular weight excluding hydrogens is 474 g/mol. The number of anilines is 1. The number of ether oxygens (including phenoxy) is 2. The molecule has 0 aliphatic carbocycles. The predicted octanol–water partition coefficient (Wildman–Crippen LogP) is 4.71. The van der Waals surface area contributed by atoms with Gasteiger partial charge in [0.2, 0.25) is 5.82 Å². The zero-order valence-electron chi connectivity index (χ0n) is 16.7. The van der Waals surface area contributed by atoms with E-state index < -0.39 is 10.0 Å². The Hall–Kier alpha value is -3.08. The Morgan fingerprint density at radius 2 is 1.84 bits per heavy atom. The number of hydrogen-bond acceptors (Lipinski definition) is 8. The lowest BCUT2D eigenvalue weighted by Gasteiger charge is -2.23. The third kappa shape index (κ3) is 3.60. The molecule has 0 N–H and O–H groups in total. The van der Waals surface area contributed by atoms with Crippen molar-refractivity contribution in [3.8, 4) is 33.7 Å². The maximum Gasteiger partial charge on any atom is 0.269 e. The van der Waals surface area contributed by atoms with Crippen molar-refractivity contribution in [3.63, 3.8) is 0 Å². The van der Waals surface area contributed by atoms with E-state index in [0.29, 0.717) is 45.9 Å². The van der Waals surface area contributed by atoms with Crippen LogP contribution in [0.4, 0.5) is 5.69 Å². The van der Waals surface area contributed by atoms with Crippen LogP contribution in [0.15, 0.2) is 63.3 Å². The molecule has 0 fully saturated rings. The number of halogens is 1. The molecule has 164 valence electrons. The molecule has 5 rings (SSSR count). The normalized spacial score (nSPS) is 13.2. The van der Waals surface area contributed by atoms with Gasteiger partial charge in [-0.15, -0.1) is 11.3 Å². The third-order valence-electron chi connectivity index (χ3n) is 4.89. The van der Waals surface area contributed by atoms with E-state index in [4.69, 9.17) is 25.6 Å². The Bertz CT molecular complexity index is 1400. The minimum absolute atomic E-state index is 0.0641. The summed E-state index contributed by atoms with van der Waals surface area (Å²) in [6, 6.07) is 13.6. The molecule has 11 heteroatoms. The topological polar surface area (TPSA) is 94.8 Å². The molecule has 0 bridgehead atoms. The molecule has 0 saturated carbocycles. The van der Waals surface area contributed by atoms with Crippen LogP contribution in [0.2, 0.25) is 5.02 Å². The highest BCUT2D eigenvalue weighted by atomic mass is 35.5. The Morgan fingerprint density at radius 3 is 2.66 bits per heavy atom. The highest BCUT2D eigenvalue weighted by Gasteiger charge is 2.29. The van der Waals surface area contributed by atoms with Crippen molar-refractivity contribution in [2.24, 2.45) is 0 Å². The van der Waals surface area contributed by atoms with Gasteiger partial charge < -0.3 is 14.0 Å². The van der Waals surface area contributed by atoms with E-state index in [0.717, 1.165) is 0 Å². The molecule has 0 atom stereocenters. The molecule has 0 saturated heterocycles. The highest BCUT2D eigenvalue weighted by molar-refractivity contribution is 7.93. The SMILES string of the molecule is CN(c1ccc2c(c1)OCCO2)S(=O)(=O)c1ccsc1-c1nc(-c2ccccc2Cl)no1. The molecule has 2 aromatic heterocycles. The zero-order chi connectivity index (χ0) is 22.3. The summed E-state index contributed by atoms with van der Waals surface area (Å²) in [5.41, 5.74) is 1.03. The van der Waals surface area contributed by atoms with Gasteiger partial charge in [0.25, 0.3) is 15.9 Å². The number of aromatic nitrogens is 2. The fourth-order valence-electron chi connectivity index (χ4n) is 3.24. The van der Waals surface area contributed by atoms with Gasteiger partial charge in [-0.2, -0.15) is 4.98 Å². The second kappa shape index (κ2) is 8.12. The van der Waals surface area contributed by atoms with Crippen molar-refractivity contribution in [1.82, 2.24) is 10.1 Å². The average molecular weight is 490 g/mol. The van der Waals surface area contributed by atoms with Crippen LogP contribution >= 0.6 is 22.9 Å². The first-order valence-corrected chi connectivity index (χ1v) is 12.2. The third-order valence-corrected chi connectivity index (χ3v) is 8.08. The first kappa shape index (κ1) is 20.8. The van der Waals surface area contributed by atoms with Gasteiger partial charge in [-0.25, -0.2) is 8.42 Å². The van der Waals surface area contributed by atoms with Gasteiger partial charge in [-0.3, -0.25) is 4.31 Å². The van der Waals surface area contributed by atoms with Crippen LogP contribution in [0.5, 0.6) is 11.5 Å². The van der Waals surface area contributed by atoms with Crippen LogP contribution in [-0.4, -0.2) is 38.8 Å². The Balaban J connectivity index is 1.49. The van der Waals surface area contributed by atoms with E-state index >= 15 is 0 Å². The maximum absolute atomic E-state index is 13.4. The summed E-state index contributed by atoms with van der Waals surface area (Å²) in [4.78, 5) is 4.79. The molecule has 0 spiro atoms. The van der Waals surface area contributed by atoms with Gasteiger partial charge in [-0.05, 0) is 35.7 Å². The first-order valence-electron chi connectivity index (χ1n) is 9.50. The molecule has 3 heterocycles. The van der Waals surface area contributed by atoms with E-state index in [1.54, 1.807) is 47.8 Å². The zero-order valence-corrected chi connectivity index (χ0v) is 19.1. The number of nitrogens with zero attached hydrogens (tertiary/aromatic N) is 3.